The Labute approximate surface area is 116 Å². The Bertz CT molecular complexity index is 642. The predicted octanol–water partition coefficient (Wildman–Crippen LogP) is 1.47. The normalized spacial score (nSPS) is 19.9. The summed E-state index contributed by atoms with van der Waals surface area (Å²) < 4.78 is 1.83. The van der Waals surface area contributed by atoms with Crippen LogP contribution in [0, 0.1) is 0 Å². The van der Waals surface area contributed by atoms with E-state index in [2.05, 4.69) is 10.3 Å². The largest absolute Gasteiger partial charge is 0.476 e. The second-order valence-corrected chi connectivity index (χ2v) is 5.20. The molecule has 1 aliphatic heterocycles. The van der Waals surface area contributed by atoms with Gasteiger partial charge in [0.05, 0.1) is 5.69 Å². The van der Waals surface area contributed by atoms with Crippen molar-refractivity contribution < 1.29 is 9.90 Å². The zero-order valence-corrected chi connectivity index (χ0v) is 11.2. The van der Waals surface area contributed by atoms with Gasteiger partial charge in [-0.1, -0.05) is 6.42 Å². The summed E-state index contributed by atoms with van der Waals surface area (Å²) in [6, 6.07) is 3.53. The van der Waals surface area contributed by atoms with Crippen molar-refractivity contribution in [1.82, 2.24) is 14.7 Å². The van der Waals surface area contributed by atoms with Gasteiger partial charge in [0.2, 0.25) is 0 Å². The van der Waals surface area contributed by atoms with Gasteiger partial charge in [-0.3, -0.25) is 0 Å². The average molecular weight is 274 g/mol. The highest BCUT2D eigenvalue weighted by Gasteiger charge is 2.24. The van der Waals surface area contributed by atoms with Gasteiger partial charge in [0.25, 0.3) is 0 Å². The SMILES string of the molecule is Nc1cccn2c(C3CCCCNC3)nc(C(=O)O)c12. The summed E-state index contributed by atoms with van der Waals surface area (Å²) in [5.41, 5.74) is 6.92. The molecule has 0 aliphatic carbocycles. The molecule has 2 aromatic heterocycles. The number of hydrogen-bond acceptors (Lipinski definition) is 4. The molecule has 1 aliphatic rings. The lowest BCUT2D eigenvalue weighted by molar-refractivity contribution is 0.0693. The third-order valence-electron chi connectivity index (χ3n) is 3.84. The van der Waals surface area contributed by atoms with E-state index >= 15 is 0 Å². The molecule has 2 aromatic rings. The molecule has 20 heavy (non-hydrogen) atoms. The Kier molecular flexibility index (Phi) is 3.31. The first kappa shape index (κ1) is 12.9. The summed E-state index contributed by atoms with van der Waals surface area (Å²) in [5, 5.41) is 12.7. The zero-order chi connectivity index (χ0) is 14.1. The number of rotatable bonds is 2. The fourth-order valence-electron chi connectivity index (χ4n) is 2.86. The first-order valence-electron chi connectivity index (χ1n) is 6.89. The highest BCUT2D eigenvalue weighted by atomic mass is 16.4. The topological polar surface area (TPSA) is 92.7 Å². The number of aromatic nitrogens is 2. The molecule has 1 fully saturated rings. The molecule has 0 spiro atoms. The molecule has 0 saturated carbocycles. The lowest BCUT2D eigenvalue weighted by atomic mass is 10.0. The van der Waals surface area contributed by atoms with Crippen LogP contribution in [0.15, 0.2) is 18.3 Å². The number of anilines is 1. The summed E-state index contributed by atoms with van der Waals surface area (Å²) >= 11 is 0. The van der Waals surface area contributed by atoms with Gasteiger partial charge >= 0.3 is 5.97 Å². The van der Waals surface area contributed by atoms with Crippen LogP contribution in [0.5, 0.6) is 0 Å². The number of pyridine rings is 1. The van der Waals surface area contributed by atoms with Crippen molar-refractivity contribution in [3.63, 3.8) is 0 Å². The average Bonchev–Trinajstić information content (AvgIpc) is 2.63. The monoisotopic (exact) mass is 274 g/mol. The number of nitrogens with one attached hydrogen (secondary N) is 1. The minimum absolute atomic E-state index is 0.0438. The highest BCUT2D eigenvalue weighted by molar-refractivity contribution is 5.97. The van der Waals surface area contributed by atoms with Gasteiger partial charge < -0.3 is 20.6 Å². The van der Waals surface area contributed by atoms with E-state index in [-0.39, 0.29) is 11.6 Å². The van der Waals surface area contributed by atoms with Crippen molar-refractivity contribution in [3.05, 3.63) is 29.8 Å². The molecule has 1 saturated heterocycles. The van der Waals surface area contributed by atoms with E-state index in [1.165, 1.54) is 0 Å². The third kappa shape index (κ3) is 2.12. The molecule has 0 radical (unpaired) electrons. The zero-order valence-electron chi connectivity index (χ0n) is 11.2. The van der Waals surface area contributed by atoms with Gasteiger partial charge in [-0.15, -0.1) is 0 Å². The molecule has 1 atom stereocenters. The number of carboxylic acids is 1. The highest BCUT2D eigenvalue weighted by Crippen LogP contribution is 2.27. The molecule has 3 rings (SSSR count). The number of aromatic carboxylic acids is 1. The van der Waals surface area contributed by atoms with E-state index in [0.29, 0.717) is 11.2 Å². The maximum absolute atomic E-state index is 11.4. The maximum Gasteiger partial charge on any atom is 0.356 e. The molecular weight excluding hydrogens is 256 g/mol. The van der Waals surface area contributed by atoms with Crippen LogP contribution in [-0.4, -0.2) is 33.6 Å². The third-order valence-corrected chi connectivity index (χ3v) is 3.84. The van der Waals surface area contributed by atoms with E-state index in [9.17, 15) is 9.90 Å². The van der Waals surface area contributed by atoms with E-state index in [0.717, 1.165) is 38.2 Å². The number of imidazole rings is 1. The lowest BCUT2D eigenvalue weighted by Gasteiger charge is -2.13. The van der Waals surface area contributed by atoms with E-state index in [1.54, 1.807) is 6.07 Å². The van der Waals surface area contributed by atoms with Crippen LogP contribution < -0.4 is 11.1 Å². The Hall–Kier alpha value is -2.08. The number of carbonyl (C=O) groups is 1. The number of fused-ring (bicyclic) bond motifs is 1. The Morgan fingerprint density at radius 1 is 1.50 bits per heavy atom. The van der Waals surface area contributed by atoms with Gasteiger partial charge in [-0.05, 0) is 31.5 Å². The number of nitrogens with two attached hydrogens (primary N) is 1. The van der Waals surface area contributed by atoms with Crippen LogP contribution in [0.25, 0.3) is 5.52 Å². The molecule has 106 valence electrons. The molecule has 0 bridgehead atoms. The Balaban J connectivity index is 2.15. The standard InChI is InChI=1S/C14H18N4O2/c15-10-5-3-7-18-12(10)11(14(19)20)17-13(18)9-4-1-2-6-16-8-9/h3,5,7,9,16H,1-2,4,6,8,15H2,(H,19,20). The minimum atomic E-state index is -1.03. The van der Waals surface area contributed by atoms with Crippen LogP contribution in [0.4, 0.5) is 5.69 Å². The van der Waals surface area contributed by atoms with Gasteiger partial charge in [-0.25, -0.2) is 9.78 Å². The lowest BCUT2D eigenvalue weighted by Crippen LogP contribution is -2.20. The first-order valence-corrected chi connectivity index (χ1v) is 6.89. The van der Waals surface area contributed by atoms with Crippen molar-refractivity contribution in [2.75, 3.05) is 18.8 Å². The number of carboxylic acid groups (broad SMARTS) is 1. The molecule has 6 nitrogen and oxygen atoms in total. The summed E-state index contributed by atoms with van der Waals surface area (Å²) in [6.45, 7) is 1.83. The van der Waals surface area contributed by atoms with Crippen molar-refractivity contribution in [2.24, 2.45) is 0 Å². The Morgan fingerprint density at radius 3 is 3.15 bits per heavy atom. The maximum atomic E-state index is 11.4. The van der Waals surface area contributed by atoms with Gasteiger partial charge in [0.1, 0.15) is 11.3 Å². The number of nitrogens with zero attached hydrogens (tertiary/aromatic N) is 2. The van der Waals surface area contributed by atoms with E-state index in [1.807, 2.05) is 16.7 Å². The fourth-order valence-corrected chi connectivity index (χ4v) is 2.86. The van der Waals surface area contributed by atoms with Crippen LogP contribution in [0.2, 0.25) is 0 Å². The fraction of sp³-hybridized carbons (Fsp3) is 0.429. The summed E-state index contributed by atoms with van der Waals surface area (Å²) in [7, 11) is 0. The molecule has 6 heteroatoms. The molecule has 1 unspecified atom stereocenters. The minimum Gasteiger partial charge on any atom is -0.476 e. The van der Waals surface area contributed by atoms with Crippen molar-refractivity contribution in [1.29, 1.82) is 0 Å². The van der Waals surface area contributed by atoms with Crippen molar-refractivity contribution in [2.45, 2.75) is 25.2 Å². The summed E-state index contributed by atoms with van der Waals surface area (Å²) in [4.78, 5) is 15.7. The molecule has 0 amide bonds. The van der Waals surface area contributed by atoms with Gasteiger partial charge in [-0.2, -0.15) is 0 Å². The molecule has 0 aromatic carbocycles. The van der Waals surface area contributed by atoms with E-state index < -0.39 is 5.97 Å². The summed E-state index contributed by atoms with van der Waals surface area (Å²) in [5.74, 6) is -0.0211. The van der Waals surface area contributed by atoms with E-state index in [4.69, 9.17) is 5.73 Å². The second-order valence-electron chi connectivity index (χ2n) is 5.20. The molecular formula is C14H18N4O2. The first-order chi connectivity index (χ1) is 9.68. The number of nitrogen functional groups attached to an aromatic ring is 1. The van der Waals surface area contributed by atoms with Gasteiger partial charge in [0, 0.05) is 18.7 Å². The molecule has 3 heterocycles. The second kappa shape index (κ2) is 5.13. The molecule has 4 N–H and O–H groups in total. The van der Waals surface area contributed by atoms with Crippen LogP contribution in [0.1, 0.15) is 41.5 Å². The number of hydrogen-bond donors (Lipinski definition) is 3. The van der Waals surface area contributed by atoms with Crippen LogP contribution >= 0.6 is 0 Å². The van der Waals surface area contributed by atoms with Crippen molar-refractivity contribution in [3.8, 4) is 0 Å². The van der Waals surface area contributed by atoms with Crippen molar-refractivity contribution >= 4 is 17.2 Å². The predicted molar refractivity (Wildman–Crippen MR) is 76.0 cm³/mol. The van der Waals surface area contributed by atoms with Crippen LogP contribution in [-0.2, 0) is 0 Å². The quantitative estimate of drug-likeness (QED) is 0.771. The van der Waals surface area contributed by atoms with Crippen LogP contribution in [0.3, 0.4) is 0 Å². The Morgan fingerprint density at radius 2 is 2.35 bits per heavy atom. The smallest absolute Gasteiger partial charge is 0.356 e. The van der Waals surface area contributed by atoms with Gasteiger partial charge in [0.15, 0.2) is 5.69 Å². The summed E-state index contributed by atoms with van der Waals surface area (Å²) in [6.07, 6.45) is 5.12.